The van der Waals surface area contributed by atoms with Crippen molar-refractivity contribution in [1.29, 1.82) is 0 Å². The van der Waals surface area contributed by atoms with Crippen LogP contribution in [0, 0.1) is 0 Å². The Morgan fingerprint density at radius 3 is 1.10 bits per heavy atom. The van der Waals surface area contributed by atoms with Crippen LogP contribution in [0.3, 0.4) is 0 Å². The molecule has 0 saturated heterocycles. The summed E-state index contributed by atoms with van der Waals surface area (Å²) in [5, 5.41) is 0. The molecule has 0 heterocycles. The van der Waals surface area contributed by atoms with E-state index in [0.717, 1.165) is 77.7 Å². The number of alkyl halides is 6. The fraction of sp³-hybridized carbons (Fsp3) is 0.368. The van der Waals surface area contributed by atoms with Gasteiger partial charge in [0.1, 0.15) is 34.5 Å². The Balaban J connectivity index is 1.65. The lowest BCUT2D eigenvalue weighted by Crippen LogP contribution is -2.44. The van der Waals surface area contributed by atoms with Crippen LogP contribution in [0.2, 0.25) is 0 Å². The number of halogens is 6. The van der Waals surface area contributed by atoms with E-state index in [1.54, 1.807) is 36.4 Å². The van der Waals surface area contributed by atoms with Crippen LogP contribution in [0.5, 0.6) is 34.5 Å². The van der Waals surface area contributed by atoms with Crippen molar-refractivity contribution in [3.8, 4) is 34.5 Å². The molecule has 0 spiro atoms. The van der Waals surface area contributed by atoms with Gasteiger partial charge < -0.3 is 28.4 Å². The fourth-order valence-electron chi connectivity index (χ4n) is 8.95. The summed E-state index contributed by atoms with van der Waals surface area (Å²) in [5.41, 5.74) is 4.21. The van der Waals surface area contributed by atoms with E-state index in [2.05, 4.69) is 13.8 Å². The average Bonchev–Trinajstić information content (AvgIpc) is 3.34. The van der Waals surface area contributed by atoms with E-state index >= 15 is 0 Å². The number of rotatable bonds is 29. The highest BCUT2D eigenvalue weighted by molar-refractivity contribution is 5.48. The summed E-state index contributed by atoms with van der Waals surface area (Å²) < 4.78 is 114. The third-order valence-electron chi connectivity index (χ3n) is 12.3. The van der Waals surface area contributed by atoms with Gasteiger partial charge in [0.25, 0.3) is 0 Å². The second-order valence-corrected chi connectivity index (χ2v) is 17.1. The maximum atomic E-state index is 13.8. The van der Waals surface area contributed by atoms with Gasteiger partial charge in [0.2, 0.25) is 0 Å². The van der Waals surface area contributed by atoms with E-state index in [4.69, 9.17) is 28.4 Å². The molecule has 0 fully saturated rings. The van der Waals surface area contributed by atoms with Crippen LogP contribution < -0.4 is 28.4 Å². The smallest absolute Gasteiger partial charge is 0.387 e. The highest BCUT2D eigenvalue weighted by Crippen LogP contribution is 2.55. The molecule has 0 radical (unpaired) electrons. The number of unbranched alkanes of at least 4 members (excludes halogenated alkanes) is 3. The van der Waals surface area contributed by atoms with Gasteiger partial charge in [0, 0.05) is 5.41 Å². The van der Waals surface area contributed by atoms with Crippen molar-refractivity contribution in [3.63, 3.8) is 0 Å². The second-order valence-electron chi connectivity index (χ2n) is 17.1. The van der Waals surface area contributed by atoms with Gasteiger partial charge in [-0.2, -0.15) is 26.3 Å². The SMILES string of the molecule is CCCCCOc1ccc(CC(c2ccc(OC(F)F)cc2)(C(Cc2ccc(OC(F)F)cc2)c2ccc(OCCC)cc2)C(Cc2ccc(OC(F)F)cc2)c2ccc(OCCCC)cc2)cc1. The Bertz CT molecular complexity index is 2360. The Kier molecular flexibility index (Phi) is 20.0. The first-order valence-electron chi connectivity index (χ1n) is 23.8. The Morgan fingerprint density at radius 2 is 0.710 bits per heavy atom. The zero-order chi connectivity index (χ0) is 49.0. The summed E-state index contributed by atoms with van der Waals surface area (Å²) in [6.45, 7) is -1.16. The summed E-state index contributed by atoms with van der Waals surface area (Å²) >= 11 is 0. The largest absolute Gasteiger partial charge is 0.494 e. The minimum absolute atomic E-state index is 0.0130. The van der Waals surface area contributed by atoms with Crippen LogP contribution in [0.1, 0.15) is 105 Å². The van der Waals surface area contributed by atoms with Crippen molar-refractivity contribution in [2.45, 2.75) is 116 Å². The highest BCUT2D eigenvalue weighted by Gasteiger charge is 2.48. The molecular weight excluding hydrogens is 895 g/mol. The van der Waals surface area contributed by atoms with Crippen LogP contribution in [0.15, 0.2) is 146 Å². The first-order chi connectivity index (χ1) is 33.5. The molecule has 0 amide bonds. The van der Waals surface area contributed by atoms with Crippen molar-refractivity contribution in [1.82, 2.24) is 0 Å². The van der Waals surface area contributed by atoms with Crippen LogP contribution >= 0.6 is 0 Å². The first-order valence-corrected chi connectivity index (χ1v) is 23.8. The average molecular weight is 957 g/mol. The number of hydrogen-bond donors (Lipinski definition) is 0. The summed E-state index contributed by atoms with van der Waals surface area (Å²) in [4.78, 5) is 0. The van der Waals surface area contributed by atoms with E-state index in [1.807, 2.05) is 91.9 Å². The van der Waals surface area contributed by atoms with Gasteiger partial charge >= 0.3 is 19.8 Å². The molecule has 0 aromatic heterocycles. The van der Waals surface area contributed by atoms with Crippen molar-refractivity contribution in [2.75, 3.05) is 19.8 Å². The molecule has 0 aliphatic carbocycles. The fourth-order valence-corrected chi connectivity index (χ4v) is 8.95. The van der Waals surface area contributed by atoms with Gasteiger partial charge in [-0.3, -0.25) is 0 Å². The van der Waals surface area contributed by atoms with Crippen LogP contribution in [-0.4, -0.2) is 39.7 Å². The molecule has 6 rings (SSSR count). The Morgan fingerprint density at radius 1 is 0.362 bits per heavy atom. The monoisotopic (exact) mass is 956 g/mol. The third-order valence-corrected chi connectivity index (χ3v) is 12.3. The minimum Gasteiger partial charge on any atom is -0.494 e. The molecule has 6 aromatic rings. The molecular formula is C57H62F6O6. The summed E-state index contributed by atoms with van der Waals surface area (Å²) in [7, 11) is 0. The standard InChI is InChI=1S/C57H62F6O6/c1-4-7-9-36-66-46-22-14-42(15-23-46)39-57(45-20-32-51(33-21-45)69-56(62)63,52(43-16-28-47(29-17-43)64-34-6-3)37-40-10-24-49(25-11-40)67-54(58)59)53(38-41-12-26-50(27-13-41)68-55(60)61)44-18-30-48(31-19-44)65-35-8-5-2/h10-33,52-56H,4-9,34-39H2,1-3H3. The molecule has 69 heavy (non-hydrogen) atoms. The maximum absolute atomic E-state index is 13.8. The van der Waals surface area contributed by atoms with Crippen LogP contribution in [-0.2, 0) is 24.7 Å². The molecule has 12 heteroatoms. The van der Waals surface area contributed by atoms with Crippen molar-refractivity contribution < 1.29 is 54.8 Å². The molecule has 0 saturated carbocycles. The lowest BCUT2D eigenvalue weighted by atomic mass is 9.54. The predicted octanol–water partition coefficient (Wildman–Crippen LogP) is 15.6. The molecule has 368 valence electrons. The second kappa shape index (κ2) is 26.5. The Labute approximate surface area is 402 Å². The van der Waals surface area contributed by atoms with Crippen molar-refractivity contribution in [2.24, 2.45) is 0 Å². The number of hydrogen-bond acceptors (Lipinski definition) is 6. The first kappa shape index (κ1) is 52.1. The normalized spacial score (nSPS) is 13.2. The molecule has 6 nitrogen and oxygen atoms in total. The van der Waals surface area contributed by atoms with Crippen molar-refractivity contribution in [3.05, 3.63) is 179 Å². The number of ether oxygens (including phenoxy) is 6. The lowest BCUT2D eigenvalue weighted by molar-refractivity contribution is -0.0505. The van der Waals surface area contributed by atoms with Gasteiger partial charge in [0.05, 0.1) is 19.8 Å². The molecule has 0 N–H and O–H groups in total. The number of benzene rings is 6. The quantitative estimate of drug-likeness (QED) is 0.0345. The van der Waals surface area contributed by atoms with E-state index < -0.39 is 37.1 Å². The van der Waals surface area contributed by atoms with E-state index in [9.17, 15) is 26.3 Å². The van der Waals surface area contributed by atoms with Gasteiger partial charge in [-0.1, -0.05) is 113 Å². The van der Waals surface area contributed by atoms with Crippen LogP contribution in [0.4, 0.5) is 26.3 Å². The van der Waals surface area contributed by atoms with Gasteiger partial charge in [-0.05, 0) is 157 Å². The molecule has 0 aliphatic heterocycles. The maximum Gasteiger partial charge on any atom is 0.387 e. The van der Waals surface area contributed by atoms with Gasteiger partial charge in [-0.25, -0.2) is 0 Å². The van der Waals surface area contributed by atoms with Crippen LogP contribution in [0.25, 0.3) is 0 Å². The zero-order valence-electron chi connectivity index (χ0n) is 39.4. The third kappa shape index (κ3) is 15.3. The summed E-state index contributed by atoms with van der Waals surface area (Å²) in [6.07, 6.45) is 6.81. The Hall–Kier alpha value is -6.30. The highest BCUT2D eigenvalue weighted by atomic mass is 19.3. The topological polar surface area (TPSA) is 55.4 Å². The predicted molar refractivity (Wildman–Crippen MR) is 258 cm³/mol. The molecule has 6 aromatic carbocycles. The lowest BCUT2D eigenvalue weighted by Gasteiger charge is -2.49. The summed E-state index contributed by atoms with van der Waals surface area (Å²) in [6, 6.07) is 43.9. The van der Waals surface area contributed by atoms with E-state index in [1.165, 1.54) is 24.3 Å². The summed E-state index contributed by atoms with van der Waals surface area (Å²) in [5.74, 6) is 1.22. The van der Waals surface area contributed by atoms with Gasteiger partial charge in [-0.15, -0.1) is 0 Å². The minimum atomic E-state index is -3.05. The van der Waals surface area contributed by atoms with E-state index in [0.29, 0.717) is 50.6 Å². The molecule has 3 atom stereocenters. The van der Waals surface area contributed by atoms with E-state index in [-0.39, 0.29) is 17.2 Å². The van der Waals surface area contributed by atoms with Gasteiger partial charge in [0.15, 0.2) is 0 Å². The molecule has 0 bridgehead atoms. The molecule has 3 unspecified atom stereocenters. The zero-order valence-corrected chi connectivity index (χ0v) is 39.4. The molecule has 0 aliphatic rings. The van der Waals surface area contributed by atoms with Crippen molar-refractivity contribution >= 4 is 0 Å².